The number of carbonyl (C=O) groups is 1. The summed E-state index contributed by atoms with van der Waals surface area (Å²) in [6, 6.07) is 12.7. The number of benzene rings is 2. The molecule has 0 saturated heterocycles. The first-order valence-corrected chi connectivity index (χ1v) is 7.83. The van der Waals surface area contributed by atoms with Gasteiger partial charge in [0.1, 0.15) is 11.6 Å². The van der Waals surface area contributed by atoms with E-state index in [1.165, 1.54) is 18.2 Å². The minimum atomic E-state index is -0.550. The summed E-state index contributed by atoms with van der Waals surface area (Å²) in [5, 5.41) is 3.16. The first-order valence-electron chi connectivity index (χ1n) is 7.07. The molecular weight excluding hydrogens is 352 g/mol. The van der Waals surface area contributed by atoms with E-state index < -0.39 is 11.7 Å². The van der Waals surface area contributed by atoms with E-state index in [4.69, 9.17) is 27.6 Å². The van der Waals surface area contributed by atoms with Crippen LogP contribution >= 0.6 is 23.2 Å². The fraction of sp³-hybridized carbons (Fsp3) is 0.0556. The van der Waals surface area contributed by atoms with Gasteiger partial charge < -0.3 is 9.73 Å². The fourth-order valence-electron chi connectivity index (χ4n) is 2.25. The monoisotopic (exact) mass is 363 g/mol. The summed E-state index contributed by atoms with van der Waals surface area (Å²) in [5.41, 5.74) is 2.06. The normalized spacial score (nSPS) is 10.7. The van der Waals surface area contributed by atoms with Crippen LogP contribution < -0.4 is 5.32 Å². The van der Waals surface area contributed by atoms with Gasteiger partial charge in [0.05, 0.1) is 5.02 Å². The van der Waals surface area contributed by atoms with Crippen molar-refractivity contribution in [1.29, 1.82) is 0 Å². The smallest absolute Gasteiger partial charge is 0.291 e. The van der Waals surface area contributed by atoms with E-state index in [0.29, 0.717) is 16.5 Å². The predicted octanol–water partition coefficient (Wildman–Crippen LogP) is 5.95. The Bertz CT molecular complexity index is 921. The van der Waals surface area contributed by atoms with Crippen LogP contribution in [0.3, 0.4) is 0 Å². The Labute approximate surface area is 148 Å². The van der Waals surface area contributed by atoms with Gasteiger partial charge in [-0.25, -0.2) is 4.39 Å². The van der Waals surface area contributed by atoms with Crippen molar-refractivity contribution in [1.82, 2.24) is 0 Å². The van der Waals surface area contributed by atoms with E-state index in [1.807, 2.05) is 19.1 Å². The number of anilines is 1. The third-order valence-electron chi connectivity index (χ3n) is 3.54. The van der Waals surface area contributed by atoms with E-state index in [0.717, 1.165) is 11.1 Å². The van der Waals surface area contributed by atoms with Crippen molar-refractivity contribution in [3.63, 3.8) is 0 Å². The molecule has 0 atom stereocenters. The number of rotatable bonds is 3. The van der Waals surface area contributed by atoms with Crippen LogP contribution in [0.15, 0.2) is 52.9 Å². The lowest BCUT2D eigenvalue weighted by atomic mass is 10.1. The maximum atomic E-state index is 13.1. The number of carbonyl (C=O) groups excluding carboxylic acids is 1. The lowest BCUT2D eigenvalue weighted by Gasteiger charge is -2.05. The van der Waals surface area contributed by atoms with Crippen molar-refractivity contribution in [2.75, 3.05) is 5.32 Å². The molecule has 0 aliphatic carbocycles. The van der Waals surface area contributed by atoms with Gasteiger partial charge in [-0.15, -0.1) is 0 Å². The topological polar surface area (TPSA) is 42.2 Å². The summed E-state index contributed by atoms with van der Waals surface area (Å²) in [7, 11) is 0. The Morgan fingerprint density at radius 1 is 1.08 bits per heavy atom. The average molecular weight is 364 g/mol. The van der Waals surface area contributed by atoms with Crippen molar-refractivity contribution in [2.45, 2.75) is 6.92 Å². The molecule has 0 bridgehead atoms. The standard InChI is InChI=1S/C18H12Cl2FNO2/c1-10-12(3-2-4-13(10)19)16-7-8-17(24-16)18(23)22-11-5-6-15(21)14(20)9-11/h2-9H,1H3,(H,22,23). The molecule has 3 rings (SSSR count). The second-order valence-electron chi connectivity index (χ2n) is 5.16. The number of nitrogens with one attached hydrogen (secondary N) is 1. The number of hydrogen-bond acceptors (Lipinski definition) is 2. The van der Waals surface area contributed by atoms with E-state index in [-0.39, 0.29) is 10.8 Å². The van der Waals surface area contributed by atoms with E-state index in [1.54, 1.807) is 18.2 Å². The molecule has 24 heavy (non-hydrogen) atoms. The summed E-state index contributed by atoms with van der Waals surface area (Å²) in [6.45, 7) is 1.88. The van der Waals surface area contributed by atoms with Crippen LogP contribution in [0.5, 0.6) is 0 Å². The third-order valence-corrected chi connectivity index (χ3v) is 4.24. The Kier molecular flexibility index (Phi) is 4.60. The first kappa shape index (κ1) is 16.6. The molecule has 0 unspecified atom stereocenters. The molecule has 0 aliphatic heterocycles. The van der Waals surface area contributed by atoms with Crippen LogP contribution in [0, 0.1) is 12.7 Å². The SMILES string of the molecule is Cc1c(Cl)cccc1-c1ccc(C(=O)Nc2ccc(F)c(Cl)c2)o1. The molecule has 2 aromatic carbocycles. The molecule has 1 heterocycles. The highest BCUT2D eigenvalue weighted by Crippen LogP contribution is 2.30. The summed E-state index contributed by atoms with van der Waals surface area (Å²) in [6.07, 6.45) is 0. The second-order valence-corrected chi connectivity index (χ2v) is 5.97. The number of hydrogen-bond donors (Lipinski definition) is 1. The summed E-state index contributed by atoms with van der Waals surface area (Å²) < 4.78 is 18.8. The van der Waals surface area contributed by atoms with Gasteiger partial charge in [0.15, 0.2) is 5.76 Å². The minimum absolute atomic E-state index is 0.0671. The lowest BCUT2D eigenvalue weighted by molar-refractivity contribution is 0.0997. The van der Waals surface area contributed by atoms with Gasteiger partial charge >= 0.3 is 0 Å². The van der Waals surface area contributed by atoms with Crippen LogP contribution in [-0.2, 0) is 0 Å². The zero-order chi connectivity index (χ0) is 17.3. The number of halogens is 3. The number of amides is 1. The Hall–Kier alpha value is -2.30. The molecule has 0 spiro atoms. The molecule has 3 nitrogen and oxygen atoms in total. The fourth-order valence-corrected chi connectivity index (χ4v) is 2.60. The van der Waals surface area contributed by atoms with Crippen molar-refractivity contribution in [2.24, 2.45) is 0 Å². The Balaban J connectivity index is 1.83. The van der Waals surface area contributed by atoms with E-state index in [2.05, 4.69) is 5.32 Å². The molecular formula is C18H12Cl2FNO2. The summed E-state index contributed by atoms with van der Waals surface area (Å²) in [5.74, 6) is -0.336. The molecule has 1 amide bonds. The molecule has 122 valence electrons. The van der Waals surface area contributed by atoms with Gasteiger partial charge in [-0.05, 0) is 48.9 Å². The highest BCUT2D eigenvalue weighted by Gasteiger charge is 2.15. The molecule has 0 radical (unpaired) electrons. The van der Waals surface area contributed by atoms with E-state index in [9.17, 15) is 9.18 Å². The van der Waals surface area contributed by atoms with Gasteiger partial charge in [-0.1, -0.05) is 35.3 Å². The Morgan fingerprint density at radius 2 is 1.88 bits per heavy atom. The molecule has 1 N–H and O–H groups in total. The van der Waals surface area contributed by atoms with E-state index >= 15 is 0 Å². The van der Waals surface area contributed by atoms with Crippen LogP contribution in [0.2, 0.25) is 10.0 Å². The maximum absolute atomic E-state index is 13.1. The molecule has 3 aromatic rings. The molecule has 0 aliphatic rings. The van der Waals surface area contributed by atoms with Gasteiger partial charge in [-0.2, -0.15) is 0 Å². The largest absolute Gasteiger partial charge is 0.451 e. The lowest BCUT2D eigenvalue weighted by Crippen LogP contribution is -2.10. The van der Waals surface area contributed by atoms with Gasteiger partial charge in [0.2, 0.25) is 0 Å². The highest BCUT2D eigenvalue weighted by atomic mass is 35.5. The zero-order valence-corrected chi connectivity index (χ0v) is 14.1. The van der Waals surface area contributed by atoms with Crippen LogP contribution in [-0.4, -0.2) is 5.91 Å². The molecule has 6 heteroatoms. The van der Waals surface area contributed by atoms with Crippen LogP contribution in [0.25, 0.3) is 11.3 Å². The van der Waals surface area contributed by atoms with Gasteiger partial charge in [0, 0.05) is 16.3 Å². The zero-order valence-electron chi connectivity index (χ0n) is 12.6. The highest BCUT2D eigenvalue weighted by molar-refractivity contribution is 6.31. The molecule has 1 aromatic heterocycles. The maximum Gasteiger partial charge on any atom is 0.291 e. The molecule has 0 fully saturated rings. The van der Waals surface area contributed by atoms with Crippen molar-refractivity contribution in [3.8, 4) is 11.3 Å². The molecule has 0 saturated carbocycles. The predicted molar refractivity (Wildman–Crippen MR) is 93.3 cm³/mol. The van der Waals surface area contributed by atoms with Gasteiger partial charge in [-0.3, -0.25) is 4.79 Å². The van der Waals surface area contributed by atoms with Crippen molar-refractivity contribution >= 4 is 34.8 Å². The van der Waals surface area contributed by atoms with Gasteiger partial charge in [0.25, 0.3) is 5.91 Å². The first-order chi connectivity index (χ1) is 11.5. The van der Waals surface area contributed by atoms with Crippen molar-refractivity contribution in [3.05, 3.63) is 75.7 Å². The number of furan rings is 1. The summed E-state index contributed by atoms with van der Waals surface area (Å²) in [4.78, 5) is 12.2. The average Bonchev–Trinajstić information content (AvgIpc) is 3.03. The van der Waals surface area contributed by atoms with Crippen LogP contribution in [0.1, 0.15) is 16.1 Å². The third kappa shape index (κ3) is 3.30. The minimum Gasteiger partial charge on any atom is -0.451 e. The Morgan fingerprint density at radius 3 is 2.62 bits per heavy atom. The summed E-state index contributed by atoms with van der Waals surface area (Å²) >= 11 is 11.8. The quantitative estimate of drug-likeness (QED) is 0.624. The second kappa shape index (κ2) is 6.67. The van der Waals surface area contributed by atoms with Crippen molar-refractivity contribution < 1.29 is 13.6 Å². The van der Waals surface area contributed by atoms with Crippen LogP contribution in [0.4, 0.5) is 10.1 Å².